The van der Waals surface area contributed by atoms with Gasteiger partial charge in [0.25, 0.3) is 0 Å². The molecule has 0 saturated carbocycles. The van der Waals surface area contributed by atoms with Gasteiger partial charge in [-0.3, -0.25) is 0 Å². The molecule has 1 aromatic heterocycles. The van der Waals surface area contributed by atoms with Crippen molar-refractivity contribution < 1.29 is 4.42 Å². The van der Waals surface area contributed by atoms with E-state index in [1.165, 1.54) is 43.6 Å². The number of aromatic nitrogens is 1. The molecule has 0 bridgehead atoms. The zero-order chi connectivity index (χ0) is 14.9. The predicted octanol–water partition coefficient (Wildman–Crippen LogP) is 4.79. The Labute approximate surface area is 130 Å². The van der Waals surface area contributed by atoms with Crippen molar-refractivity contribution in [2.75, 3.05) is 18.0 Å². The van der Waals surface area contributed by atoms with Gasteiger partial charge < -0.3 is 9.32 Å². The van der Waals surface area contributed by atoms with Gasteiger partial charge in [-0.05, 0) is 68.1 Å². The van der Waals surface area contributed by atoms with E-state index in [4.69, 9.17) is 4.42 Å². The Hall–Kier alpha value is -2.29. The van der Waals surface area contributed by atoms with Crippen LogP contribution in [0.15, 0.2) is 46.9 Å². The lowest BCUT2D eigenvalue weighted by Crippen LogP contribution is -2.29. The number of oxazole rings is 1. The van der Waals surface area contributed by atoms with Crippen LogP contribution in [0.25, 0.3) is 22.6 Å². The Morgan fingerprint density at radius 1 is 0.955 bits per heavy atom. The average Bonchev–Trinajstić information content (AvgIpc) is 2.99. The molecular weight excluding hydrogens is 272 g/mol. The number of aryl methyl sites for hydroxylation is 1. The topological polar surface area (TPSA) is 29.3 Å². The molecule has 22 heavy (non-hydrogen) atoms. The molecule has 0 N–H and O–H groups in total. The summed E-state index contributed by atoms with van der Waals surface area (Å²) in [7, 11) is 0. The van der Waals surface area contributed by atoms with E-state index in [1.807, 2.05) is 12.1 Å². The summed E-state index contributed by atoms with van der Waals surface area (Å²) in [6.45, 7) is 4.40. The number of anilines is 1. The molecule has 3 aromatic rings. The van der Waals surface area contributed by atoms with Crippen LogP contribution in [0.2, 0.25) is 0 Å². The van der Waals surface area contributed by atoms with Gasteiger partial charge in [0, 0.05) is 24.3 Å². The first kappa shape index (κ1) is 13.4. The van der Waals surface area contributed by atoms with Crippen molar-refractivity contribution in [2.24, 2.45) is 0 Å². The molecular formula is C19H20N2O. The normalized spacial score (nSPS) is 15.4. The van der Waals surface area contributed by atoms with Crippen LogP contribution in [0, 0.1) is 6.92 Å². The summed E-state index contributed by atoms with van der Waals surface area (Å²) >= 11 is 0. The van der Waals surface area contributed by atoms with Gasteiger partial charge in [-0.15, -0.1) is 0 Å². The molecule has 2 heterocycles. The molecule has 1 aliphatic heterocycles. The molecule has 0 spiro atoms. The van der Waals surface area contributed by atoms with Crippen molar-refractivity contribution >= 4 is 16.8 Å². The maximum absolute atomic E-state index is 5.90. The molecule has 0 unspecified atom stereocenters. The molecule has 3 heteroatoms. The standard InChI is InChI=1S/C19H20N2O/c1-14-5-10-17-18(13-14)22-19(20-17)15-6-8-16(9-7-15)21-11-3-2-4-12-21/h5-10,13H,2-4,11-12H2,1H3. The maximum atomic E-state index is 5.90. The Kier molecular flexibility index (Phi) is 3.34. The third kappa shape index (κ3) is 2.47. The van der Waals surface area contributed by atoms with Crippen LogP contribution in [0.5, 0.6) is 0 Å². The molecule has 112 valence electrons. The molecule has 1 fully saturated rings. The summed E-state index contributed by atoms with van der Waals surface area (Å²) in [6, 6.07) is 14.7. The van der Waals surface area contributed by atoms with Crippen molar-refractivity contribution in [3.8, 4) is 11.5 Å². The van der Waals surface area contributed by atoms with Gasteiger partial charge in [-0.1, -0.05) is 6.07 Å². The van der Waals surface area contributed by atoms with Crippen molar-refractivity contribution in [2.45, 2.75) is 26.2 Å². The number of rotatable bonds is 2. The number of fused-ring (bicyclic) bond motifs is 1. The highest BCUT2D eigenvalue weighted by atomic mass is 16.3. The van der Waals surface area contributed by atoms with Gasteiger partial charge in [-0.25, -0.2) is 4.98 Å². The summed E-state index contributed by atoms with van der Waals surface area (Å²) in [5, 5.41) is 0. The van der Waals surface area contributed by atoms with Gasteiger partial charge >= 0.3 is 0 Å². The van der Waals surface area contributed by atoms with E-state index in [9.17, 15) is 0 Å². The number of hydrogen-bond donors (Lipinski definition) is 0. The largest absolute Gasteiger partial charge is 0.436 e. The van der Waals surface area contributed by atoms with Crippen molar-refractivity contribution in [3.63, 3.8) is 0 Å². The van der Waals surface area contributed by atoms with Crippen molar-refractivity contribution in [3.05, 3.63) is 48.0 Å². The summed E-state index contributed by atoms with van der Waals surface area (Å²) in [5.41, 5.74) is 5.30. The van der Waals surface area contributed by atoms with Gasteiger partial charge in [0.1, 0.15) is 5.52 Å². The summed E-state index contributed by atoms with van der Waals surface area (Å²) in [5.74, 6) is 0.700. The Bertz CT molecular complexity index is 783. The second-order valence-electron chi connectivity index (χ2n) is 6.08. The van der Waals surface area contributed by atoms with Crippen molar-refractivity contribution in [1.29, 1.82) is 0 Å². The molecule has 0 atom stereocenters. The minimum Gasteiger partial charge on any atom is -0.436 e. The monoisotopic (exact) mass is 292 g/mol. The van der Waals surface area contributed by atoms with Gasteiger partial charge in [-0.2, -0.15) is 0 Å². The third-order valence-electron chi connectivity index (χ3n) is 4.38. The molecule has 3 nitrogen and oxygen atoms in total. The van der Waals surface area contributed by atoms with E-state index in [2.05, 4.69) is 47.1 Å². The van der Waals surface area contributed by atoms with Crippen LogP contribution in [0.1, 0.15) is 24.8 Å². The summed E-state index contributed by atoms with van der Waals surface area (Å²) < 4.78 is 5.90. The van der Waals surface area contributed by atoms with Crippen LogP contribution in [-0.4, -0.2) is 18.1 Å². The van der Waals surface area contributed by atoms with Crippen LogP contribution < -0.4 is 4.90 Å². The maximum Gasteiger partial charge on any atom is 0.227 e. The van der Waals surface area contributed by atoms with E-state index in [-0.39, 0.29) is 0 Å². The van der Waals surface area contributed by atoms with E-state index in [0.717, 1.165) is 16.7 Å². The molecule has 0 aliphatic carbocycles. The number of benzene rings is 2. The fourth-order valence-electron chi connectivity index (χ4n) is 3.12. The van der Waals surface area contributed by atoms with Gasteiger partial charge in [0.2, 0.25) is 5.89 Å². The van der Waals surface area contributed by atoms with Crippen LogP contribution in [-0.2, 0) is 0 Å². The lowest BCUT2D eigenvalue weighted by molar-refractivity contribution is 0.578. The smallest absolute Gasteiger partial charge is 0.227 e. The Morgan fingerprint density at radius 2 is 1.73 bits per heavy atom. The highest BCUT2D eigenvalue weighted by Crippen LogP contribution is 2.27. The zero-order valence-electron chi connectivity index (χ0n) is 12.9. The first-order valence-corrected chi connectivity index (χ1v) is 8.02. The fourth-order valence-corrected chi connectivity index (χ4v) is 3.12. The van der Waals surface area contributed by atoms with E-state index in [0.29, 0.717) is 5.89 Å². The Balaban J connectivity index is 1.63. The van der Waals surface area contributed by atoms with Crippen LogP contribution in [0.4, 0.5) is 5.69 Å². The number of piperidine rings is 1. The minimum absolute atomic E-state index is 0.700. The lowest BCUT2D eigenvalue weighted by atomic mass is 10.1. The quantitative estimate of drug-likeness (QED) is 0.680. The van der Waals surface area contributed by atoms with Crippen LogP contribution in [0.3, 0.4) is 0 Å². The first-order valence-electron chi connectivity index (χ1n) is 8.02. The molecule has 1 saturated heterocycles. The molecule has 0 radical (unpaired) electrons. The van der Waals surface area contributed by atoms with Crippen molar-refractivity contribution in [1.82, 2.24) is 4.98 Å². The van der Waals surface area contributed by atoms with Gasteiger partial charge in [0.05, 0.1) is 0 Å². The summed E-state index contributed by atoms with van der Waals surface area (Å²) in [6.07, 6.45) is 3.95. The third-order valence-corrected chi connectivity index (χ3v) is 4.38. The summed E-state index contributed by atoms with van der Waals surface area (Å²) in [4.78, 5) is 7.05. The second-order valence-corrected chi connectivity index (χ2v) is 6.08. The van der Waals surface area contributed by atoms with Gasteiger partial charge in [0.15, 0.2) is 5.58 Å². The van der Waals surface area contributed by atoms with E-state index in [1.54, 1.807) is 0 Å². The molecule has 4 rings (SSSR count). The van der Waals surface area contributed by atoms with E-state index < -0.39 is 0 Å². The number of nitrogens with zero attached hydrogens (tertiary/aromatic N) is 2. The molecule has 2 aromatic carbocycles. The Morgan fingerprint density at radius 3 is 2.50 bits per heavy atom. The molecule has 1 aliphatic rings. The van der Waals surface area contributed by atoms with Crippen LogP contribution >= 0.6 is 0 Å². The van der Waals surface area contributed by atoms with E-state index >= 15 is 0 Å². The zero-order valence-corrected chi connectivity index (χ0v) is 12.9. The SMILES string of the molecule is Cc1ccc2nc(-c3ccc(N4CCCCC4)cc3)oc2c1. The lowest BCUT2D eigenvalue weighted by Gasteiger charge is -2.28. The fraction of sp³-hybridized carbons (Fsp3) is 0.316. The average molecular weight is 292 g/mol. The molecule has 0 amide bonds. The second kappa shape index (κ2) is 5.48. The first-order chi connectivity index (χ1) is 10.8. The highest BCUT2D eigenvalue weighted by molar-refractivity contribution is 5.77. The minimum atomic E-state index is 0.700. The highest BCUT2D eigenvalue weighted by Gasteiger charge is 2.12. The number of hydrogen-bond acceptors (Lipinski definition) is 3. The predicted molar refractivity (Wildman–Crippen MR) is 90.2 cm³/mol.